The summed E-state index contributed by atoms with van der Waals surface area (Å²) in [6, 6.07) is 6.51. The second-order valence-corrected chi connectivity index (χ2v) is 9.08. The van der Waals surface area contributed by atoms with Crippen molar-refractivity contribution in [3.8, 4) is 0 Å². The monoisotopic (exact) mass is 416 g/mol. The van der Waals surface area contributed by atoms with E-state index in [1.54, 1.807) is 23.5 Å². The Morgan fingerprint density at radius 3 is 2.79 bits per heavy atom. The number of ether oxygens (including phenoxy) is 1. The van der Waals surface area contributed by atoms with Crippen LogP contribution in [-0.2, 0) is 23.5 Å². The van der Waals surface area contributed by atoms with Gasteiger partial charge in [0, 0.05) is 29.2 Å². The molecule has 7 nitrogen and oxygen atoms in total. The molecular formula is C19H20N4O3S2. The maximum atomic E-state index is 10.8. The van der Waals surface area contributed by atoms with Gasteiger partial charge in [-0.05, 0) is 24.5 Å². The molecule has 0 aliphatic carbocycles. The van der Waals surface area contributed by atoms with Crippen LogP contribution in [0, 0.1) is 10.1 Å². The molecule has 2 N–H and O–H groups in total. The number of non-ortho nitro benzene ring substituents is 1. The number of nitrogens with two attached hydrogens (primary N) is 1. The van der Waals surface area contributed by atoms with Gasteiger partial charge in [-0.2, -0.15) is 0 Å². The van der Waals surface area contributed by atoms with Gasteiger partial charge in [0.15, 0.2) is 5.16 Å². The number of nitro benzene ring substituents is 1. The third kappa shape index (κ3) is 3.57. The molecule has 28 heavy (non-hydrogen) atoms. The topological polar surface area (TPSA) is 104 Å². The summed E-state index contributed by atoms with van der Waals surface area (Å²) in [4.78, 5) is 21.6. The number of nitrogen functional groups attached to an aromatic ring is 1. The highest BCUT2D eigenvalue weighted by Gasteiger charge is 2.33. The number of thiophene rings is 1. The maximum Gasteiger partial charge on any atom is 0.269 e. The fraction of sp³-hybridized carbons (Fsp3) is 0.368. The van der Waals surface area contributed by atoms with Gasteiger partial charge in [-0.15, -0.1) is 11.3 Å². The largest absolute Gasteiger partial charge is 0.383 e. The van der Waals surface area contributed by atoms with E-state index in [0.717, 1.165) is 28.6 Å². The predicted octanol–water partition coefficient (Wildman–Crippen LogP) is 4.72. The van der Waals surface area contributed by atoms with E-state index in [9.17, 15) is 10.1 Å². The molecule has 1 aromatic carbocycles. The smallest absolute Gasteiger partial charge is 0.269 e. The van der Waals surface area contributed by atoms with Gasteiger partial charge in [0.1, 0.15) is 10.6 Å². The van der Waals surface area contributed by atoms with Crippen LogP contribution in [0.2, 0.25) is 0 Å². The average molecular weight is 417 g/mol. The van der Waals surface area contributed by atoms with E-state index in [2.05, 4.69) is 18.8 Å². The summed E-state index contributed by atoms with van der Waals surface area (Å²) in [5.74, 6) is 1.12. The molecule has 3 aromatic rings. The molecule has 0 bridgehead atoms. The highest BCUT2D eigenvalue weighted by molar-refractivity contribution is 7.98. The van der Waals surface area contributed by atoms with Crippen LogP contribution in [0.3, 0.4) is 0 Å². The first kappa shape index (κ1) is 19.1. The van der Waals surface area contributed by atoms with Crippen LogP contribution in [0.15, 0.2) is 29.4 Å². The normalized spacial score (nSPS) is 18.9. The first-order chi connectivity index (χ1) is 13.4. The van der Waals surface area contributed by atoms with E-state index < -0.39 is 4.92 Å². The molecule has 1 aliphatic rings. The van der Waals surface area contributed by atoms with Crippen molar-refractivity contribution in [1.29, 1.82) is 0 Å². The van der Waals surface area contributed by atoms with Crippen molar-refractivity contribution in [2.45, 2.75) is 49.8 Å². The third-order valence-electron chi connectivity index (χ3n) is 5.11. The Hall–Kier alpha value is -2.23. The molecule has 4 rings (SSSR count). The SMILES string of the molecule is CC[C@]1(C)Cc2c(sc3nc(SCc4ccc([N+](=O)[O-])cc4)nc(N)c23)CO1. The van der Waals surface area contributed by atoms with Crippen molar-refractivity contribution in [3.63, 3.8) is 0 Å². The van der Waals surface area contributed by atoms with Crippen molar-refractivity contribution < 1.29 is 9.66 Å². The molecule has 0 saturated carbocycles. The summed E-state index contributed by atoms with van der Waals surface area (Å²) in [7, 11) is 0. The Morgan fingerprint density at radius 1 is 1.36 bits per heavy atom. The van der Waals surface area contributed by atoms with Crippen LogP contribution >= 0.6 is 23.1 Å². The van der Waals surface area contributed by atoms with E-state index in [1.165, 1.54) is 34.3 Å². The van der Waals surface area contributed by atoms with Gasteiger partial charge in [0.05, 0.1) is 22.5 Å². The second-order valence-electron chi connectivity index (χ2n) is 7.06. The minimum Gasteiger partial charge on any atom is -0.383 e. The number of hydrogen-bond acceptors (Lipinski definition) is 8. The summed E-state index contributed by atoms with van der Waals surface area (Å²) < 4.78 is 6.04. The molecule has 9 heteroatoms. The summed E-state index contributed by atoms with van der Waals surface area (Å²) in [5.41, 5.74) is 8.41. The van der Waals surface area contributed by atoms with Crippen LogP contribution in [0.1, 0.15) is 36.3 Å². The van der Waals surface area contributed by atoms with Crippen molar-refractivity contribution in [2.75, 3.05) is 5.73 Å². The van der Waals surface area contributed by atoms with Gasteiger partial charge in [-0.25, -0.2) is 9.97 Å². The first-order valence-corrected chi connectivity index (χ1v) is 10.8. The van der Waals surface area contributed by atoms with Gasteiger partial charge in [-0.3, -0.25) is 10.1 Å². The zero-order chi connectivity index (χ0) is 19.9. The first-order valence-electron chi connectivity index (χ1n) is 8.96. The predicted molar refractivity (Wildman–Crippen MR) is 112 cm³/mol. The molecule has 2 aromatic heterocycles. The number of thioether (sulfide) groups is 1. The zero-order valence-electron chi connectivity index (χ0n) is 15.6. The molecule has 0 spiro atoms. The Balaban J connectivity index is 1.57. The van der Waals surface area contributed by atoms with Gasteiger partial charge < -0.3 is 10.5 Å². The van der Waals surface area contributed by atoms with Crippen LogP contribution < -0.4 is 5.73 Å². The van der Waals surface area contributed by atoms with Crippen LogP contribution in [0.4, 0.5) is 11.5 Å². The lowest BCUT2D eigenvalue weighted by molar-refractivity contribution is -0.384. The Morgan fingerprint density at radius 2 is 2.11 bits per heavy atom. The number of nitrogens with zero attached hydrogens (tertiary/aromatic N) is 3. The lowest BCUT2D eigenvalue weighted by Gasteiger charge is -2.33. The lowest BCUT2D eigenvalue weighted by Crippen LogP contribution is -2.33. The van der Waals surface area contributed by atoms with Crippen molar-refractivity contribution in [3.05, 3.63) is 50.4 Å². The zero-order valence-corrected chi connectivity index (χ0v) is 17.2. The number of aromatic nitrogens is 2. The highest BCUT2D eigenvalue weighted by Crippen LogP contribution is 2.41. The molecule has 0 unspecified atom stereocenters. The van der Waals surface area contributed by atoms with Crippen LogP contribution in [0.5, 0.6) is 0 Å². The molecular weight excluding hydrogens is 396 g/mol. The summed E-state index contributed by atoms with van der Waals surface area (Å²) >= 11 is 3.09. The number of benzene rings is 1. The quantitative estimate of drug-likeness (QED) is 0.278. The molecule has 1 aliphatic heterocycles. The van der Waals surface area contributed by atoms with E-state index in [-0.39, 0.29) is 11.3 Å². The fourth-order valence-corrected chi connectivity index (χ4v) is 5.21. The van der Waals surface area contributed by atoms with Gasteiger partial charge in [-0.1, -0.05) is 30.8 Å². The Bertz CT molecular complexity index is 1050. The Kier molecular flexibility index (Phi) is 4.98. The molecule has 0 amide bonds. The fourth-order valence-electron chi connectivity index (χ4n) is 3.23. The van der Waals surface area contributed by atoms with Gasteiger partial charge in [0.25, 0.3) is 5.69 Å². The number of hydrogen-bond donors (Lipinski definition) is 1. The average Bonchev–Trinajstić information content (AvgIpc) is 3.04. The minimum absolute atomic E-state index is 0.0844. The van der Waals surface area contributed by atoms with Crippen LogP contribution in [-0.4, -0.2) is 20.5 Å². The summed E-state index contributed by atoms with van der Waals surface area (Å²) in [6.07, 6.45) is 1.76. The van der Waals surface area contributed by atoms with Crippen molar-refractivity contribution >= 4 is 44.8 Å². The van der Waals surface area contributed by atoms with E-state index >= 15 is 0 Å². The number of anilines is 1. The van der Waals surface area contributed by atoms with Gasteiger partial charge >= 0.3 is 0 Å². The van der Waals surface area contributed by atoms with Crippen LogP contribution in [0.25, 0.3) is 10.2 Å². The van der Waals surface area contributed by atoms with E-state index in [4.69, 9.17) is 15.5 Å². The van der Waals surface area contributed by atoms with Crippen molar-refractivity contribution in [1.82, 2.24) is 9.97 Å². The molecule has 0 saturated heterocycles. The number of nitro groups is 1. The number of rotatable bonds is 5. The summed E-state index contributed by atoms with van der Waals surface area (Å²) in [6.45, 7) is 4.85. The lowest BCUT2D eigenvalue weighted by atomic mass is 9.90. The van der Waals surface area contributed by atoms with E-state index in [1.807, 2.05) is 0 Å². The second kappa shape index (κ2) is 7.31. The van der Waals surface area contributed by atoms with Crippen molar-refractivity contribution in [2.24, 2.45) is 0 Å². The highest BCUT2D eigenvalue weighted by atomic mass is 32.2. The van der Waals surface area contributed by atoms with Gasteiger partial charge in [0.2, 0.25) is 0 Å². The Labute approximate surface area is 170 Å². The molecule has 1 atom stereocenters. The maximum absolute atomic E-state index is 10.8. The molecule has 0 radical (unpaired) electrons. The minimum atomic E-state index is -0.402. The summed E-state index contributed by atoms with van der Waals surface area (Å²) in [5, 5.41) is 12.3. The third-order valence-corrected chi connectivity index (χ3v) is 7.12. The molecule has 0 fully saturated rings. The standard InChI is InChI=1S/C19H20N4O3S2/c1-3-19(2)8-13-14(9-26-19)28-17-15(13)16(20)21-18(22-17)27-10-11-4-6-12(7-5-11)23(24)25/h4-7H,3,8-10H2,1-2H3,(H2,20,21,22)/t19-/m1/s1. The molecule has 3 heterocycles. The number of fused-ring (bicyclic) bond motifs is 3. The van der Waals surface area contributed by atoms with E-state index in [0.29, 0.717) is 23.3 Å². The molecule has 146 valence electrons.